The van der Waals surface area contributed by atoms with Crippen molar-refractivity contribution in [2.45, 2.75) is 270 Å². The maximum absolute atomic E-state index is 12.9. The molecule has 0 bridgehead atoms. The highest BCUT2D eigenvalue weighted by Gasteiger charge is 2.22. The first-order valence-corrected chi connectivity index (χ1v) is 32.7. The number of hydrogen-bond donors (Lipinski definition) is 0. The van der Waals surface area contributed by atoms with Crippen molar-refractivity contribution in [3.63, 3.8) is 0 Å². The summed E-state index contributed by atoms with van der Waals surface area (Å²) in [6.45, 7) is 4.61. The van der Waals surface area contributed by atoms with Gasteiger partial charge in [-0.1, -0.05) is 257 Å². The average Bonchev–Trinajstić information content (AvgIpc) is 3.44. The number of quaternary nitrogens is 1. The van der Waals surface area contributed by atoms with Crippen molar-refractivity contribution in [1.29, 1.82) is 0 Å². The van der Waals surface area contributed by atoms with Crippen molar-refractivity contribution in [3.8, 4) is 0 Å². The van der Waals surface area contributed by atoms with Gasteiger partial charge in [-0.25, -0.2) is 0 Å². The second-order valence-electron chi connectivity index (χ2n) is 22.7. The van der Waals surface area contributed by atoms with Gasteiger partial charge in [0.15, 0.2) is 12.4 Å². The molecule has 462 valence electrons. The molecule has 2 atom stereocenters. The van der Waals surface area contributed by atoms with Crippen LogP contribution in [0.5, 0.6) is 0 Å². The van der Waals surface area contributed by atoms with Crippen LogP contribution < -0.4 is 5.11 Å². The average molecular weight is 1130 g/mol. The summed E-state index contributed by atoms with van der Waals surface area (Å²) in [4.78, 5) is 37.4. The number of likely N-dealkylation sites (N-methyl/N-ethyl adjacent to an activating group) is 1. The Balaban J connectivity index is 4.23. The first kappa shape index (κ1) is 76.7. The lowest BCUT2D eigenvalue weighted by Gasteiger charge is -2.26. The van der Waals surface area contributed by atoms with Gasteiger partial charge in [0.05, 0.1) is 40.3 Å². The molecule has 0 rings (SSSR count). The zero-order valence-electron chi connectivity index (χ0n) is 52.6. The topological polar surface area (TPSA) is 111 Å². The number of nitrogens with zero attached hydrogens (tertiary/aromatic N) is 1. The highest BCUT2D eigenvalue weighted by atomic mass is 16.7. The van der Waals surface area contributed by atoms with E-state index < -0.39 is 24.3 Å². The smallest absolute Gasteiger partial charge is 0.306 e. The molecule has 9 nitrogen and oxygen atoms in total. The third-order valence-corrected chi connectivity index (χ3v) is 13.7. The summed E-state index contributed by atoms with van der Waals surface area (Å²) in [5.74, 6) is -2.30. The number of hydrogen-bond acceptors (Lipinski definition) is 8. The molecule has 0 aliphatic rings. The van der Waals surface area contributed by atoms with E-state index >= 15 is 0 Å². The van der Waals surface area contributed by atoms with Gasteiger partial charge in [0.1, 0.15) is 13.2 Å². The molecule has 81 heavy (non-hydrogen) atoms. The number of esters is 2. The number of ether oxygens (including phenoxy) is 4. The summed E-state index contributed by atoms with van der Waals surface area (Å²) >= 11 is 0. The first-order valence-electron chi connectivity index (χ1n) is 32.7. The fourth-order valence-electron chi connectivity index (χ4n) is 8.70. The van der Waals surface area contributed by atoms with Crippen molar-refractivity contribution in [2.24, 2.45) is 0 Å². The van der Waals surface area contributed by atoms with E-state index in [1.807, 2.05) is 21.1 Å². The quantitative estimate of drug-likeness (QED) is 0.0195. The van der Waals surface area contributed by atoms with Gasteiger partial charge in [0.2, 0.25) is 0 Å². The van der Waals surface area contributed by atoms with E-state index in [1.54, 1.807) is 0 Å². The Morgan fingerprint density at radius 1 is 0.383 bits per heavy atom. The number of aliphatic carboxylic acids is 1. The maximum Gasteiger partial charge on any atom is 0.306 e. The molecule has 0 N–H and O–H groups in total. The fraction of sp³-hybridized carbons (Fsp3) is 0.681. The predicted octanol–water partition coefficient (Wildman–Crippen LogP) is 18.7. The van der Waals surface area contributed by atoms with Crippen LogP contribution in [-0.2, 0) is 33.3 Å². The molecular weight excluding hydrogens is 1010 g/mol. The summed E-state index contributed by atoms with van der Waals surface area (Å²) in [7, 11) is 5.92. The van der Waals surface area contributed by atoms with Gasteiger partial charge < -0.3 is 33.3 Å². The number of carboxylic acid groups (broad SMARTS) is 1. The second-order valence-corrected chi connectivity index (χ2v) is 22.7. The van der Waals surface area contributed by atoms with Crippen molar-refractivity contribution in [2.75, 3.05) is 47.5 Å². The Kier molecular flexibility index (Phi) is 58.5. The molecule has 2 unspecified atom stereocenters. The zero-order valence-corrected chi connectivity index (χ0v) is 52.6. The molecule has 0 aliphatic heterocycles. The number of carboxylic acids is 1. The minimum absolute atomic E-state index is 0.140. The molecule has 0 saturated heterocycles. The van der Waals surface area contributed by atoms with Gasteiger partial charge in [0.25, 0.3) is 0 Å². The molecule has 0 fully saturated rings. The van der Waals surface area contributed by atoms with Crippen LogP contribution in [0.15, 0.2) is 122 Å². The van der Waals surface area contributed by atoms with E-state index in [-0.39, 0.29) is 38.6 Å². The highest BCUT2D eigenvalue weighted by Crippen LogP contribution is 2.15. The lowest BCUT2D eigenvalue weighted by atomic mass is 10.0. The monoisotopic (exact) mass is 1130 g/mol. The minimum Gasteiger partial charge on any atom is -0.545 e. The van der Waals surface area contributed by atoms with Crippen LogP contribution in [-0.4, -0.2) is 82.3 Å². The molecule has 0 heterocycles. The summed E-state index contributed by atoms with van der Waals surface area (Å²) in [6, 6.07) is 0. The molecule has 0 aromatic carbocycles. The molecule has 0 aromatic heterocycles. The van der Waals surface area contributed by atoms with Gasteiger partial charge in [-0.05, 0) is 109 Å². The van der Waals surface area contributed by atoms with Gasteiger partial charge in [-0.3, -0.25) is 9.59 Å². The summed E-state index contributed by atoms with van der Waals surface area (Å²) < 4.78 is 22.8. The van der Waals surface area contributed by atoms with Gasteiger partial charge in [0, 0.05) is 12.8 Å². The van der Waals surface area contributed by atoms with E-state index in [4.69, 9.17) is 18.9 Å². The number of carbonyl (C=O) groups is 3. The number of unbranched alkanes of at least 4 members (excludes halogenated alkanes) is 24. The largest absolute Gasteiger partial charge is 0.545 e. The minimum atomic E-state index is -1.63. The lowest BCUT2D eigenvalue weighted by molar-refractivity contribution is -0.870. The van der Waals surface area contributed by atoms with Gasteiger partial charge >= 0.3 is 11.9 Å². The molecule has 0 saturated carbocycles. The molecule has 0 aliphatic carbocycles. The van der Waals surface area contributed by atoms with Crippen LogP contribution >= 0.6 is 0 Å². The Hall–Kier alpha value is -4.31. The number of allylic oxidation sites excluding steroid dienone is 20. The van der Waals surface area contributed by atoms with Crippen LogP contribution in [0.2, 0.25) is 0 Å². The van der Waals surface area contributed by atoms with E-state index in [9.17, 15) is 19.5 Å². The van der Waals surface area contributed by atoms with Crippen LogP contribution in [0, 0.1) is 0 Å². The Labute approximate surface area is 497 Å². The molecule has 0 spiro atoms. The first-order chi connectivity index (χ1) is 39.6. The van der Waals surface area contributed by atoms with Crippen molar-refractivity contribution < 1.29 is 42.9 Å². The normalized spacial score (nSPS) is 13.5. The van der Waals surface area contributed by atoms with Crippen molar-refractivity contribution >= 4 is 17.9 Å². The van der Waals surface area contributed by atoms with Crippen molar-refractivity contribution in [1.82, 2.24) is 0 Å². The Morgan fingerprint density at radius 3 is 1.05 bits per heavy atom. The maximum atomic E-state index is 12.9. The van der Waals surface area contributed by atoms with Gasteiger partial charge in [-0.2, -0.15) is 0 Å². The Bertz CT molecular complexity index is 1740. The summed E-state index contributed by atoms with van der Waals surface area (Å²) in [6.07, 6.45) is 83.9. The van der Waals surface area contributed by atoms with E-state index in [2.05, 4.69) is 135 Å². The standard InChI is InChI=1S/C72H121NO8/c1-6-8-10-12-14-16-18-20-22-24-26-28-30-32-33-34-35-36-37-39-41-43-45-47-49-51-53-55-57-59-61-63-70(75)81-68(67-80-72(71(76)77)78-65-64-73(3,4)5)66-79-69(74)62-60-58-56-54-52-50-48-46-44-42-40-38-31-29-27-25-23-21-19-17-15-13-11-9-7-2/h8,10,14,16,19-22,25-28,31-33,35-36,38-39,41,68,72H,6-7,9,11-13,15,17-18,23-24,29-30,34,37,40,42-67H2,1-5H3/b10-8-,16-14-,21-19-,22-20-,27-25-,28-26-,33-32-,36-35-,38-31-,41-39-. The number of rotatable bonds is 59. The van der Waals surface area contributed by atoms with Crippen LogP contribution in [0.4, 0.5) is 0 Å². The number of carbonyl (C=O) groups excluding carboxylic acids is 3. The second kappa shape index (κ2) is 61.8. The van der Waals surface area contributed by atoms with Crippen LogP contribution in [0.3, 0.4) is 0 Å². The zero-order chi connectivity index (χ0) is 59.1. The third-order valence-electron chi connectivity index (χ3n) is 13.7. The predicted molar refractivity (Wildman–Crippen MR) is 343 cm³/mol. The summed E-state index contributed by atoms with van der Waals surface area (Å²) in [5.41, 5.74) is 0. The van der Waals surface area contributed by atoms with Crippen LogP contribution in [0.25, 0.3) is 0 Å². The van der Waals surface area contributed by atoms with Crippen LogP contribution in [0.1, 0.15) is 258 Å². The third kappa shape index (κ3) is 63.1. The Morgan fingerprint density at radius 2 is 0.704 bits per heavy atom. The van der Waals surface area contributed by atoms with E-state index in [0.29, 0.717) is 17.4 Å². The highest BCUT2D eigenvalue weighted by molar-refractivity contribution is 5.70. The van der Waals surface area contributed by atoms with Crippen molar-refractivity contribution in [3.05, 3.63) is 122 Å². The summed E-state index contributed by atoms with van der Waals surface area (Å²) in [5, 5.41) is 11.8. The van der Waals surface area contributed by atoms with E-state index in [0.717, 1.165) is 116 Å². The molecule has 9 heteroatoms. The van der Waals surface area contributed by atoms with Gasteiger partial charge in [-0.15, -0.1) is 0 Å². The molecule has 0 amide bonds. The molecule has 0 radical (unpaired) electrons. The molecule has 0 aromatic rings. The molecular formula is C72H121NO8. The SMILES string of the molecule is CC/C=C\C/C=C\C/C=C\C/C=C\C/C=C\C/C=C\C/C=C\CCCCCCCCCCCC(=O)OC(COC(=O)CCCCCCCCCCCC/C=C\C/C=C\C/C=C\CCCCCCC)COC(OCC[N+](C)(C)C)C(=O)[O-]. The fourth-order valence-corrected chi connectivity index (χ4v) is 8.70. The lowest BCUT2D eigenvalue weighted by Crippen LogP contribution is -2.44. The van der Waals surface area contributed by atoms with E-state index in [1.165, 1.54) is 109 Å².